The van der Waals surface area contributed by atoms with E-state index in [-0.39, 0.29) is 5.89 Å². The number of aromatic nitrogens is 1. The lowest BCUT2D eigenvalue weighted by Gasteiger charge is -2.10. The lowest BCUT2D eigenvalue weighted by atomic mass is 10.3. The molecule has 0 spiro atoms. The number of esters is 1. The van der Waals surface area contributed by atoms with Gasteiger partial charge in [-0.2, -0.15) is 0 Å². The van der Waals surface area contributed by atoms with Gasteiger partial charge < -0.3 is 13.9 Å². The maximum Gasteiger partial charge on any atom is 0.396 e. The number of carbonyl (C=O) groups excluding carboxylic acids is 1. The zero-order valence-electron chi connectivity index (χ0n) is 9.97. The van der Waals surface area contributed by atoms with Crippen molar-refractivity contribution in [1.82, 2.24) is 4.98 Å². The van der Waals surface area contributed by atoms with Gasteiger partial charge in [0, 0.05) is 11.6 Å². The summed E-state index contributed by atoms with van der Waals surface area (Å²) in [5.74, 6) is -0.776. The summed E-state index contributed by atoms with van der Waals surface area (Å²) in [5, 5.41) is 0.526. The number of hydrogen-bond acceptors (Lipinski definition) is 5. The normalized spacial score (nSPS) is 12.6. The third-order valence-corrected chi connectivity index (χ3v) is 2.43. The summed E-state index contributed by atoms with van der Waals surface area (Å²) in [4.78, 5) is 15.7. The Morgan fingerprint density at radius 2 is 2.33 bits per heavy atom. The number of ether oxygens (including phenoxy) is 2. The van der Waals surface area contributed by atoms with Crippen molar-refractivity contribution in [3.63, 3.8) is 0 Å². The van der Waals surface area contributed by atoms with Crippen LogP contribution in [0, 0.1) is 0 Å². The fourth-order valence-corrected chi connectivity index (χ4v) is 1.62. The van der Waals surface area contributed by atoms with Crippen molar-refractivity contribution in [2.45, 2.75) is 20.1 Å². The van der Waals surface area contributed by atoms with Crippen molar-refractivity contribution in [1.29, 1.82) is 0 Å². The summed E-state index contributed by atoms with van der Waals surface area (Å²) in [6.45, 7) is 3.89. The highest BCUT2D eigenvalue weighted by Crippen LogP contribution is 2.20. The molecule has 96 valence electrons. The summed E-state index contributed by atoms with van der Waals surface area (Å²) in [5.41, 5.74) is 0.994. The second-order valence-electron chi connectivity index (χ2n) is 3.56. The lowest BCUT2D eigenvalue weighted by Crippen LogP contribution is -2.18. The molecule has 0 aliphatic heterocycles. The minimum Gasteiger partial charge on any atom is -0.431 e. The van der Waals surface area contributed by atoms with E-state index < -0.39 is 12.3 Å². The second-order valence-corrected chi connectivity index (χ2v) is 4.00. The van der Waals surface area contributed by atoms with Gasteiger partial charge in [0.05, 0.1) is 0 Å². The topological polar surface area (TPSA) is 61.6 Å². The number of oxazole rings is 1. The summed E-state index contributed by atoms with van der Waals surface area (Å²) in [7, 11) is 0. The molecule has 0 amide bonds. The molecule has 0 N–H and O–H groups in total. The molecule has 0 radical (unpaired) electrons. The molecule has 0 saturated heterocycles. The highest BCUT2D eigenvalue weighted by Gasteiger charge is 2.18. The molecule has 0 aliphatic rings. The van der Waals surface area contributed by atoms with Crippen molar-refractivity contribution < 1.29 is 18.7 Å². The van der Waals surface area contributed by atoms with Crippen LogP contribution >= 0.6 is 11.6 Å². The SMILES string of the molecule is CCOC(C)OC(=O)c1nc2cc(Cl)ccc2o1. The van der Waals surface area contributed by atoms with E-state index in [0.29, 0.717) is 22.7 Å². The summed E-state index contributed by atoms with van der Waals surface area (Å²) < 4.78 is 15.3. The summed E-state index contributed by atoms with van der Waals surface area (Å²) >= 11 is 5.82. The number of carbonyl (C=O) groups is 1. The number of benzene rings is 1. The monoisotopic (exact) mass is 269 g/mol. The molecule has 0 saturated carbocycles. The molecule has 0 fully saturated rings. The van der Waals surface area contributed by atoms with Gasteiger partial charge >= 0.3 is 11.9 Å². The molecule has 6 heteroatoms. The molecule has 1 unspecified atom stereocenters. The minimum absolute atomic E-state index is 0.112. The Kier molecular flexibility index (Phi) is 3.84. The zero-order chi connectivity index (χ0) is 13.1. The lowest BCUT2D eigenvalue weighted by molar-refractivity contribution is -0.0957. The first kappa shape index (κ1) is 12.9. The molecule has 5 nitrogen and oxygen atoms in total. The fourth-order valence-electron chi connectivity index (χ4n) is 1.46. The zero-order valence-corrected chi connectivity index (χ0v) is 10.7. The Morgan fingerprint density at radius 1 is 1.56 bits per heavy atom. The molecule has 0 bridgehead atoms. The Bertz CT molecular complexity index is 566. The number of hydrogen-bond donors (Lipinski definition) is 0. The van der Waals surface area contributed by atoms with Crippen LogP contribution in [0.3, 0.4) is 0 Å². The van der Waals surface area contributed by atoms with E-state index >= 15 is 0 Å². The van der Waals surface area contributed by atoms with Gasteiger partial charge in [-0.1, -0.05) is 11.6 Å². The summed E-state index contributed by atoms with van der Waals surface area (Å²) in [6.07, 6.45) is -0.638. The molecule has 2 rings (SSSR count). The van der Waals surface area contributed by atoms with E-state index in [9.17, 15) is 4.79 Å². The Balaban J connectivity index is 2.18. The van der Waals surface area contributed by atoms with Crippen molar-refractivity contribution in [2.24, 2.45) is 0 Å². The Hall–Kier alpha value is -1.59. The third-order valence-electron chi connectivity index (χ3n) is 2.20. The quantitative estimate of drug-likeness (QED) is 0.631. The van der Waals surface area contributed by atoms with Gasteiger partial charge in [0.15, 0.2) is 5.58 Å². The largest absolute Gasteiger partial charge is 0.431 e. The maximum absolute atomic E-state index is 11.7. The molecular formula is C12H12ClNO4. The molecule has 1 aromatic carbocycles. The van der Waals surface area contributed by atoms with E-state index in [1.165, 1.54) is 0 Å². The van der Waals surface area contributed by atoms with Gasteiger partial charge in [0.1, 0.15) is 5.52 Å². The highest BCUT2D eigenvalue weighted by molar-refractivity contribution is 6.31. The van der Waals surface area contributed by atoms with Crippen LogP contribution in [-0.2, 0) is 9.47 Å². The van der Waals surface area contributed by atoms with E-state index in [2.05, 4.69) is 4.98 Å². The van der Waals surface area contributed by atoms with Crippen molar-refractivity contribution >= 4 is 28.7 Å². The van der Waals surface area contributed by atoms with Crippen LogP contribution in [-0.4, -0.2) is 23.9 Å². The van der Waals surface area contributed by atoms with E-state index in [0.717, 1.165) is 0 Å². The first-order valence-electron chi connectivity index (χ1n) is 5.49. The molecule has 0 aliphatic carbocycles. The number of nitrogens with zero attached hydrogens (tertiary/aromatic N) is 1. The molecule has 1 atom stereocenters. The van der Waals surface area contributed by atoms with Crippen molar-refractivity contribution in [2.75, 3.05) is 6.61 Å². The molecule has 1 aromatic heterocycles. The van der Waals surface area contributed by atoms with Crippen LogP contribution in [0.4, 0.5) is 0 Å². The molecule has 18 heavy (non-hydrogen) atoms. The average Bonchev–Trinajstić information content (AvgIpc) is 2.72. The maximum atomic E-state index is 11.7. The van der Waals surface area contributed by atoms with Crippen LogP contribution in [0.5, 0.6) is 0 Å². The fraction of sp³-hybridized carbons (Fsp3) is 0.333. The van der Waals surface area contributed by atoms with Gasteiger partial charge in [0.25, 0.3) is 0 Å². The van der Waals surface area contributed by atoms with Gasteiger partial charge in [-0.3, -0.25) is 0 Å². The molecule has 1 heterocycles. The van der Waals surface area contributed by atoms with Crippen LogP contribution in [0.25, 0.3) is 11.1 Å². The van der Waals surface area contributed by atoms with E-state index in [1.807, 2.05) is 6.92 Å². The predicted molar refractivity (Wildman–Crippen MR) is 65.5 cm³/mol. The smallest absolute Gasteiger partial charge is 0.396 e. The van der Waals surface area contributed by atoms with Crippen LogP contribution < -0.4 is 0 Å². The van der Waals surface area contributed by atoms with Crippen LogP contribution in [0.2, 0.25) is 5.02 Å². The van der Waals surface area contributed by atoms with E-state index in [1.54, 1.807) is 25.1 Å². The van der Waals surface area contributed by atoms with Gasteiger partial charge in [0.2, 0.25) is 6.29 Å². The first-order valence-corrected chi connectivity index (χ1v) is 5.86. The highest BCUT2D eigenvalue weighted by atomic mass is 35.5. The predicted octanol–water partition coefficient (Wildman–Crippen LogP) is 3.02. The van der Waals surface area contributed by atoms with Gasteiger partial charge in [-0.15, -0.1) is 0 Å². The Morgan fingerprint density at radius 3 is 3.06 bits per heavy atom. The summed E-state index contributed by atoms with van der Waals surface area (Å²) in [6, 6.07) is 4.92. The third kappa shape index (κ3) is 2.80. The first-order chi connectivity index (χ1) is 8.60. The number of fused-ring (bicyclic) bond motifs is 1. The standard InChI is InChI=1S/C12H12ClNO4/c1-3-16-7(2)17-12(15)11-14-9-6-8(13)4-5-10(9)18-11/h4-7H,3H2,1-2H3. The number of rotatable bonds is 4. The average molecular weight is 270 g/mol. The van der Waals surface area contributed by atoms with Crippen molar-refractivity contribution in [3.05, 3.63) is 29.1 Å². The number of halogens is 1. The minimum atomic E-state index is -0.664. The van der Waals surface area contributed by atoms with E-state index in [4.69, 9.17) is 25.5 Å². The second kappa shape index (κ2) is 5.37. The molecular weight excluding hydrogens is 258 g/mol. The van der Waals surface area contributed by atoms with Crippen molar-refractivity contribution in [3.8, 4) is 0 Å². The van der Waals surface area contributed by atoms with Crippen LogP contribution in [0.1, 0.15) is 24.5 Å². The Labute approximate surface area is 109 Å². The van der Waals surface area contributed by atoms with Crippen LogP contribution in [0.15, 0.2) is 22.6 Å². The van der Waals surface area contributed by atoms with Gasteiger partial charge in [-0.25, -0.2) is 9.78 Å². The van der Waals surface area contributed by atoms with Gasteiger partial charge in [-0.05, 0) is 32.0 Å². The molecule has 2 aromatic rings.